The molecule has 0 bridgehead atoms. The van der Waals surface area contributed by atoms with Gasteiger partial charge in [0.1, 0.15) is 0 Å². The molecule has 3 fully saturated rings. The fourth-order valence-corrected chi connectivity index (χ4v) is 3.47. The Bertz CT molecular complexity index is 229. The molecule has 3 aliphatic rings. The molecular formula is C14H26N2S. The minimum Gasteiger partial charge on any atom is -0.300 e. The fraction of sp³-hybridized carbons (Fsp3) is 1.00. The van der Waals surface area contributed by atoms with Crippen LogP contribution in [0.4, 0.5) is 0 Å². The van der Waals surface area contributed by atoms with Crippen molar-refractivity contribution in [1.82, 2.24) is 9.62 Å². The summed E-state index contributed by atoms with van der Waals surface area (Å²) in [5.74, 6) is 2.10. The highest BCUT2D eigenvalue weighted by molar-refractivity contribution is 7.78. The quantitative estimate of drug-likeness (QED) is 0.709. The highest BCUT2D eigenvalue weighted by atomic mass is 32.1. The summed E-state index contributed by atoms with van der Waals surface area (Å²) in [5, 5.41) is 0. The monoisotopic (exact) mass is 254 g/mol. The molecule has 2 nitrogen and oxygen atoms in total. The van der Waals surface area contributed by atoms with Crippen LogP contribution in [0.2, 0.25) is 0 Å². The van der Waals surface area contributed by atoms with E-state index < -0.39 is 0 Å². The zero-order valence-corrected chi connectivity index (χ0v) is 11.7. The topological polar surface area (TPSA) is 15.3 Å². The van der Waals surface area contributed by atoms with Crippen LogP contribution in [0.15, 0.2) is 0 Å². The van der Waals surface area contributed by atoms with Gasteiger partial charge in [0.2, 0.25) is 0 Å². The molecule has 0 saturated heterocycles. The molecule has 0 aromatic rings. The Kier molecular flexibility index (Phi) is 3.98. The second-order valence-electron chi connectivity index (χ2n) is 6.48. The molecule has 3 rings (SSSR count). The Labute approximate surface area is 111 Å². The van der Waals surface area contributed by atoms with Crippen LogP contribution in [0.5, 0.6) is 0 Å². The van der Waals surface area contributed by atoms with E-state index in [4.69, 9.17) is 0 Å². The molecule has 0 aromatic carbocycles. The van der Waals surface area contributed by atoms with Gasteiger partial charge in [0.15, 0.2) is 0 Å². The van der Waals surface area contributed by atoms with Crippen LogP contribution in [0, 0.1) is 11.8 Å². The maximum Gasteiger partial charge on any atom is 0.0170 e. The number of hydrogen-bond acceptors (Lipinski definition) is 3. The van der Waals surface area contributed by atoms with Crippen LogP contribution >= 0.6 is 12.8 Å². The predicted molar refractivity (Wildman–Crippen MR) is 75.2 cm³/mol. The Morgan fingerprint density at radius 3 is 1.76 bits per heavy atom. The van der Waals surface area contributed by atoms with E-state index in [1.165, 1.54) is 64.5 Å². The summed E-state index contributed by atoms with van der Waals surface area (Å²) in [6.07, 6.45) is 11.4. The van der Waals surface area contributed by atoms with Gasteiger partial charge in [-0.3, -0.25) is 9.62 Å². The van der Waals surface area contributed by atoms with Crippen molar-refractivity contribution in [3.63, 3.8) is 0 Å². The molecule has 3 heteroatoms. The Balaban J connectivity index is 1.50. The SMILES string of the molecule is SN[C@H]1CC[C@H](N(CC2CC2)CC2CC2)CC1. The number of nitrogens with zero attached hydrogens (tertiary/aromatic N) is 1. The Morgan fingerprint density at radius 1 is 0.824 bits per heavy atom. The smallest absolute Gasteiger partial charge is 0.0170 e. The third-order valence-electron chi connectivity index (χ3n) is 4.77. The number of hydrogen-bond donors (Lipinski definition) is 2. The van der Waals surface area contributed by atoms with Gasteiger partial charge in [-0.15, -0.1) is 0 Å². The van der Waals surface area contributed by atoms with Gasteiger partial charge in [-0.2, -0.15) is 0 Å². The Hall–Kier alpha value is 0.270. The summed E-state index contributed by atoms with van der Waals surface area (Å²) in [6.45, 7) is 2.81. The molecule has 0 atom stereocenters. The zero-order valence-electron chi connectivity index (χ0n) is 10.8. The van der Waals surface area contributed by atoms with Crippen molar-refractivity contribution < 1.29 is 0 Å². The largest absolute Gasteiger partial charge is 0.300 e. The summed E-state index contributed by atoms with van der Waals surface area (Å²) >= 11 is 4.21. The van der Waals surface area contributed by atoms with Crippen molar-refractivity contribution in [2.24, 2.45) is 11.8 Å². The fourth-order valence-electron chi connectivity index (χ4n) is 3.21. The maximum absolute atomic E-state index is 4.21. The summed E-state index contributed by atoms with van der Waals surface area (Å²) in [7, 11) is 0. The standard InChI is InChI=1S/C14H26N2S/c17-15-13-5-7-14(8-6-13)16(9-11-1-2-11)10-12-3-4-12/h11-15,17H,1-10H2/t13-,14-. The normalized spacial score (nSPS) is 34.2. The first-order valence-electron chi connectivity index (χ1n) is 7.49. The van der Waals surface area contributed by atoms with Gasteiger partial charge in [-0.25, -0.2) is 0 Å². The summed E-state index contributed by atoms with van der Waals surface area (Å²) in [4.78, 5) is 2.85. The zero-order chi connectivity index (χ0) is 11.7. The first kappa shape index (κ1) is 12.3. The van der Waals surface area contributed by atoms with Crippen molar-refractivity contribution in [2.45, 2.75) is 63.5 Å². The molecule has 0 unspecified atom stereocenters. The number of thiol groups is 1. The Morgan fingerprint density at radius 2 is 1.35 bits per heavy atom. The van der Waals surface area contributed by atoms with Crippen LogP contribution in [-0.4, -0.2) is 30.1 Å². The molecule has 17 heavy (non-hydrogen) atoms. The lowest BCUT2D eigenvalue weighted by Gasteiger charge is -2.37. The van der Waals surface area contributed by atoms with E-state index in [-0.39, 0.29) is 0 Å². The van der Waals surface area contributed by atoms with Gasteiger partial charge in [-0.1, -0.05) is 12.8 Å². The lowest BCUT2D eigenvalue weighted by molar-refractivity contribution is 0.136. The van der Waals surface area contributed by atoms with E-state index >= 15 is 0 Å². The third-order valence-corrected chi connectivity index (χ3v) is 5.14. The van der Waals surface area contributed by atoms with Gasteiger partial charge in [0.25, 0.3) is 0 Å². The molecular weight excluding hydrogens is 228 g/mol. The summed E-state index contributed by atoms with van der Waals surface area (Å²) in [5.41, 5.74) is 0. The number of rotatable bonds is 6. The second-order valence-corrected chi connectivity index (χ2v) is 6.73. The van der Waals surface area contributed by atoms with Crippen molar-refractivity contribution in [2.75, 3.05) is 13.1 Å². The average Bonchev–Trinajstić information content (AvgIpc) is 3.23. The van der Waals surface area contributed by atoms with Crippen molar-refractivity contribution >= 4 is 12.8 Å². The van der Waals surface area contributed by atoms with Gasteiger partial charge in [0.05, 0.1) is 0 Å². The molecule has 0 spiro atoms. The van der Waals surface area contributed by atoms with Crippen LogP contribution in [0.1, 0.15) is 51.4 Å². The highest BCUT2D eigenvalue weighted by Crippen LogP contribution is 2.36. The minimum absolute atomic E-state index is 0.665. The summed E-state index contributed by atoms with van der Waals surface area (Å²) in [6, 6.07) is 1.55. The average molecular weight is 254 g/mol. The molecule has 0 radical (unpaired) electrons. The van der Waals surface area contributed by atoms with Crippen LogP contribution in [0.3, 0.4) is 0 Å². The molecule has 98 valence electrons. The lowest BCUT2D eigenvalue weighted by atomic mass is 9.90. The van der Waals surface area contributed by atoms with E-state index in [2.05, 4.69) is 22.4 Å². The molecule has 3 aliphatic carbocycles. The highest BCUT2D eigenvalue weighted by Gasteiger charge is 2.33. The van der Waals surface area contributed by atoms with Crippen molar-refractivity contribution in [3.8, 4) is 0 Å². The molecule has 0 heterocycles. The van der Waals surface area contributed by atoms with Crippen LogP contribution < -0.4 is 4.72 Å². The van der Waals surface area contributed by atoms with Gasteiger partial charge < -0.3 is 0 Å². The molecule has 3 saturated carbocycles. The minimum atomic E-state index is 0.665. The first-order valence-corrected chi connectivity index (χ1v) is 7.93. The van der Waals surface area contributed by atoms with E-state index in [0.717, 1.165) is 17.9 Å². The van der Waals surface area contributed by atoms with E-state index in [1.807, 2.05) is 0 Å². The van der Waals surface area contributed by atoms with Crippen LogP contribution in [-0.2, 0) is 0 Å². The van der Waals surface area contributed by atoms with E-state index in [0.29, 0.717) is 6.04 Å². The van der Waals surface area contributed by atoms with Crippen molar-refractivity contribution in [3.05, 3.63) is 0 Å². The van der Waals surface area contributed by atoms with E-state index in [1.54, 1.807) is 0 Å². The molecule has 0 aromatic heterocycles. The summed E-state index contributed by atoms with van der Waals surface area (Å²) < 4.78 is 3.15. The second kappa shape index (κ2) is 5.50. The number of nitrogens with one attached hydrogen (secondary N) is 1. The van der Waals surface area contributed by atoms with Gasteiger partial charge in [-0.05, 0) is 63.2 Å². The van der Waals surface area contributed by atoms with Gasteiger partial charge >= 0.3 is 0 Å². The van der Waals surface area contributed by atoms with Crippen molar-refractivity contribution in [1.29, 1.82) is 0 Å². The third kappa shape index (κ3) is 3.62. The van der Waals surface area contributed by atoms with E-state index in [9.17, 15) is 0 Å². The molecule has 0 aliphatic heterocycles. The maximum atomic E-state index is 4.21. The van der Waals surface area contributed by atoms with Gasteiger partial charge in [0, 0.05) is 25.2 Å². The predicted octanol–water partition coefficient (Wildman–Crippen LogP) is 2.85. The lowest BCUT2D eigenvalue weighted by Crippen LogP contribution is -2.42. The van der Waals surface area contributed by atoms with Crippen LogP contribution in [0.25, 0.3) is 0 Å². The molecule has 0 amide bonds. The molecule has 1 N–H and O–H groups in total. The first-order chi connectivity index (χ1) is 8.35.